The minimum absolute atomic E-state index is 0.354. The highest BCUT2D eigenvalue weighted by Crippen LogP contribution is 2.10. The van der Waals surface area contributed by atoms with Crippen LogP contribution in [0.15, 0.2) is 24.5 Å². The molecule has 0 atom stereocenters. The number of pyridine rings is 1. The summed E-state index contributed by atoms with van der Waals surface area (Å²) in [6, 6.07) is 1.87. The summed E-state index contributed by atoms with van der Waals surface area (Å²) in [5.41, 5.74) is 2.46. The van der Waals surface area contributed by atoms with Gasteiger partial charge in [0.2, 0.25) is 0 Å². The molecule has 82 valence electrons. The van der Waals surface area contributed by atoms with Crippen molar-refractivity contribution in [1.82, 2.24) is 15.2 Å². The first-order valence-corrected chi connectivity index (χ1v) is 4.93. The Morgan fingerprint density at radius 3 is 3.25 bits per heavy atom. The number of fused-ring (bicyclic) bond motifs is 1. The van der Waals surface area contributed by atoms with Crippen molar-refractivity contribution in [2.45, 2.75) is 6.92 Å². The van der Waals surface area contributed by atoms with Gasteiger partial charge in [0.15, 0.2) is 0 Å². The molecule has 0 spiro atoms. The Kier molecular flexibility index (Phi) is 2.95. The molecule has 5 nitrogen and oxygen atoms in total. The number of hydrogen-bond donors (Lipinski definition) is 1. The molecule has 5 heteroatoms. The lowest BCUT2D eigenvalue weighted by Gasteiger charge is -1.95. The van der Waals surface area contributed by atoms with E-state index in [1.165, 1.54) is 6.08 Å². The molecular formula is C11H11N3O2. The van der Waals surface area contributed by atoms with E-state index in [1.54, 1.807) is 25.4 Å². The molecule has 2 rings (SSSR count). The molecule has 0 bridgehead atoms. The summed E-state index contributed by atoms with van der Waals surface area (Å²) in [6.45, 7) is 2.14. The maximum absolute atomic E-state index is 11.1. The molecule has 16 heavy (non-hydrogen) atoms. The monoisotopic (exact) mass is 217 g/mol. The molecule has 0 saturated heterocycles. The molecule has 0 aliphatic rings. The number of nitrogens with zero attached hydrogens (tertiary/aromatic N) is 2. The van der Waals surface area contributed by atoms with Gasteiger partial charge in [0.25, 0.3) is 0 Å². The number of hydrogen-bond acceptors (Lipinski definition) is 4. The van der Waals surface area contributed by atoms with Crippen molar-refractivity contribution in [3.05, 3.63) is 30.1 Å². The fourth-order valence-corrected chi connectivity index (χ4v) is 1.29. The van der Waals surface area contributed by atoms with Crippen molar-refractivity contribution < 1.29 is 9.53 Å². The second-order valence-corrected chi connectivity index (χ2v) is 3.16. The van der Waals surface area contributed by atoms with E-state index >= 15 is 0 Å². The quantitative estimate of drug-likeness (QED) is 0.625. The van der Waals surface area contributed by atoms with Gasteiger partial charge in [-0.05, 0) is 24.6 Å². The lowest BCUT2D eigenvalue weighted by molar-refractivity contribution is -0.137. The van der Waals surface area contributed by atoms with E-state index in [0.29, 0.717) is 6.61 Å². The molecule has 0 aliphatic carbocycles. The number of carbonyl (C=O) groups is 1. The summed E-state index contributed by atoms with van der Waals surface area (Å²) in [7, 11) is 0. The van der Waals surface area contributed by atoms with Crippen LogP contribution in [-0.4, -0.2) is 27.8 Å². The fourth-order valence-electron chi connectivity index (χ4n) is 1.29. The molecular weight excluding hydrogens is 206 g/mol. The molecule has 0 unspecified atom stereocenters. The van der Waals surface area contributed by atoms with Gasteiger partial charge < -0.3 is 4.74 Å². The van der Waals surface area contributed by atoms with E-state index < -0.39 is 0 Å². The third-order valence-corrected chi connectivity index (χ3v) is 2.01. The number of rotatable bonds is 3. The zero-order valence-corrected chi connectivity index (χ0v) is 8.80. The van der Waals surface area contributed by atoms with Crippen LogP contribution in [0.1, 0.15) is 12.5 Å². The third-order valence-electron chi connectivity index (χ3n) is 2.01. The number of aromatic amines is 1. The van der Waals surface area contributed by atoms with Crippen LogP contribution in [0.4, 0.5) is 0 Å². The van der Waals surface area contributed by atoms with Crippen molar-refractivity contribution in [2.75, 3.05) is 6.61 Å². The summed E-state index contributed by atoms with van der Waals surface area (Å²) in [4.78, 5) is 15.2. The van der Waals surface area contributed by atoms with Crippen LogP contribution in [0, 0.1) is 0 Å². The lowest BCUT2D eigenvalue weighted by atomic mass is 10.2. The molecule has 0 saturated carbocycles. The molecule has 0 aliphatic heterocycles. The fraction of sp³-hybridized carbons (Fsp3) is 0.182. The second-order valence-electron chi connectivity index (χ2n) is 3.16. The molecule has 0 radical (unpaired) electrons. The molecule has 0 aromatic carbocycles. The summed E-state index contributed by atoms with van der Waals surface area (Å²) in [5.74, 6) is -0.354. The standard InChI is InChI=1S/C11H11N3O2/c1-2-16-11(15)4-3-8-5-9-10(12-6-8)7-13-14-9/h3-7H,2H2,1H3,(H,13,14). The van der Waals surface area contributed by atoms with Crippen molar-refractivity contribution in [1.29, 1.82) is 0 Å². The van der Waals surface area contributed by atoms with Gasteiger partial charge in [-0.2, -0.15) is 5.10 Å². The van der Waals surface area contributed by atoms with Crippen LogP contribution >= 0.6 is 0 Å². The zero-order valence-electron chi connectivity index (χ0n) is 8.80. The third kappa shape index (κ3) is 2.25. The molecule has 0 amide bonds. The Balaban J connectivity index is 2.17. The van der Waals surface area contributed by atoms with Crippen LogP contribution in [0.3, 0.4) is 0 Å². The van der Waals surface area contributed by atoms with Crippen LogP contribution in [0.2, 0.25) is 0 Å². The maximum Gasteiger partial charge on any atom is 0.330 e. The van der Waals surface area contributed by atoms with E-state index in [-0.39, 0.29) is 5.97 Å². The van der Waals surface area contributed by atoms with Gasteiger partial charge in [-0.25, -0.2) is 4.79 Å². The maximum atomic E-state index is 11.1. The molecule has 2 aromatic rings. The first-order chi connectivity index (χ1) is 7.79. The predicted molar refractivity (Wildman–Crippen MR) is 59.6 cm³/mol. The Morgan fingerprint density at radius 2 is 2.44 bits per heavy atom. The highest BCUT2D eigenvalue weighted by atomic mass is 16.5. The van der Waals surface area contributed by atoms with Gasteiger partial charge in [0.1, 0.15) is 5.52 Å². The topological polar surface area (TPSA) is 67.9 Å². The van der Waals surface area contributed by atoms with Gasteiger partial charge >= 0.3 is 5.97 Å². The average Bonchev–Trinajstić information content (AvgIpc) is 2.74. The highest BCUT2D eigenvalue weighted by molar-refractivity contribution is 5.87. The highest BCUT2D eigenvalue weighted by Gasteiger charge is 1.98. The normalized spacial score (nSPS) is 11.1. The van der Waals surface area contributed by atoms with Crippen molar-refractivity contribution in [2.24, 2.45) is 0 Å². The number of esters is 1. The van der Waals surface area contributed by atoms with Crippen LogP contribution in [0.5, 0.6) is 0 Å². The minimum atomic E-state index is -0.354. The van der Waals surface area contributed by atoms with Crippen LogP contribution < -0.4 is 0 Å². The van der Waals surface area contributed by atoms with Crippen LogP contribution in [0.25, 0.3) is 17.1 Å². The Labute approximate surface area is 92.1 Å². The van der Waals surface area contributed by atoms with Gasteiger partial charge in [0.05, 0.1) is 18.3 Å². The first kappa shape index (κ1) is 10.4. The van der Waals surface area contributed by atoms with Crippen LogP contribution in [-0.2, 0) is 9.53 Å². The number of nitrogens with one attached hydrogen (secondary N) is 1. The summed E-state index contributed by atoms with van der Waals surface area (Å²) in [5, 5.41) is 6.67. The van der Waals surface area contributed by atoms with E-state index in [1.807, 2.05) is 6.07 Å². The first-order valence-electron chi connectivity index (χ1n) is 4.93. The summed E-state index contributed by atoms with van der Waals surface area (Å²) < 4.78 is 4.77. The molecule has 1 N–H and O–H groups in total. The number of carbonyl (C=O) groups excluding carboxylic acids is 1. The van der Waals surface area contributed by atoms with Gasteiger partial charge in [-0.3, -0.25) is 10.1 Å². The zero-order chi connectivity index (χ0) is 11.4. The summed E-state index contributed by atoms with van der Waals surface area (Å²) >= 11 is 0. The Hall–Kier alpha value is -2.17. The number of ether oxygens (including phenoxy) is 1. The van der Waals surface area contributed by atoms with Gasteiger partial charge in [-0.1, -0.05) is 0 Å². The molecule has 2 heterocycles. The minimum Gasteiger partial charge on any atom is -0.463 e. The molecule has 2 aromatic heterocycles. The molecule has 0 fully saturated rings. The van der Waals surface area contributed by atoms with E-state index in [0.717, 1.165) is 16.6 Å². The predicted octanol–water partition coefficient (Wildman–Crippen LogP) is 1.53. The van der Waals surface area contributed by atoms with Crippen molar-refractivity contribution in [3.63, 3.8) is 0 Å². The summed E-state index contributed by atoms with van der Waals surface area (Å²) in [6.07, 6.45) is 6.36. The average molecular weight is 217 g/mol. The van der Waals surface area contributed by atoms with Crippen molar-refractivity contribution in [3.8, 4) is 0 Å². The lowest BCUT2D eigenvalue weighted by Crippen LogP contribution is -1.98. The van der Waals surface area contributed by atoms with E-state index in [2.05, 4.69) is 15.2 Å². The van der Waals surface area contributed by atoms with E-state index in [4.69, 9.17) is 4.74 Å². The largest absolute Gasteiger partial charge is 0.463 e. The van der Waals surface area contributed by atoms with E-state index in [9.17, 15) is 4.79 Å². The van der Waals surface area contributed by atoms with Crippen molar-refractivity contribution >= 4 is 23.1 Å². The smallest absolute Gasteiger partial charge is 0.330 e. The SMILES string of the molecule is CCOC(=O)C=Cc1cnc2cn[nH]c2c1. The number of H-pyrrole nitrogens is 1. The Bertz CT molecular complexity index is 531. The Morgan fingerprint density at radius 1 is 1.56 bits per heavy atom. The number of aromatic nitrogens is 3. The second kappa shape index (κ2) is 4.57. The van der Waals surface area contributed by atoms with Gasteiger partial charge in [-0.15, -0.1) is 0 Å². The van der Waals surface area contributed by atoms with Gasteiger partial charge in [0, 0.05) is 12.3 Å².